The summed E-state index contributed by atoms with van der Waals surface area (Å²) < 4.78 is 0. The highest BCUT2D eigenvalue weighted by Crippen LogP contribution is 2.20. The van der Waals surface area contributed by atoms with E-state index in [0.29, 0.717) is 31.6 Å². The Morgan fingerprint density at radius 3 is 2.32 bits per heavy atom. The summed E-state index contributed by atoms with van der Waals surface area (Å²) in [6.07, 6.45) is 0.369. The number of nitrogens with one attached hydrogen (secondary N) is 1. The standard InChI is InChI=1S/C18H18N2O2/c21-17-10-12-20(13-11-19-17)18(22)16-8-6-15(7-9-16)14-4-2-1-3-5-14/h1-9H,10-13H2,(H,19,21). The van der Waals surface area contributed by atoms with Gasteiger partial charge in [0, 0.05) is 31.6 Å². The molecule has 4 nitrogen and oxygen atoms in total. The summed E-state index contributed by atoms with van der Waals surface area (Å²) in [4.78, 5) is 25.6. The molecule has 1 aliphatic rings. The predicted molar refractivity (Wildman–Crippen MR) is 85.4 cm³/mol. The highest BCUT2D eigenvalue weighted by atomic mass is 16.2. The van der Waals surface area contributed by atoms with E-state index in [4.69, 9.17) is 0 Å². The quantitative estimate of drug-likeness (QED) is 0.924. The van der Waals surface area contributed by atoms with Crippen molar-refractivity contribution in [1.29, 1.82) is 0 Å². The lowest BCUT2D eigenvalue weighted by atomic mass is 10.0. The number of benzene rings is 2. The van der Waals surface area contributed by atoms with Crippen LogP contribution in [0.1, 0.15) is 16.8 Å². The third kappa shape index (κ3) is 3.17. The van der Waals surface area contributed by atoms with E-state index < -0.39 is 0 Å². The predicted octanol–water partition coefficient (Wildman–Crippen LogP) is 2.32. The summed E-state index contributed by atoms with van der Waals surface area (Å²) in [5, 5.41) is 2.78. The van der Waals surface area contributed by atoms with Crippen molar-refractivity contribution in [3.8, 4) is 11.1 Å². The lowest BCUT2D eigenvalue weighted by molar-refractivity contribution is -0.120. The van der Waals surface area contributed by atoms with E-state index in [1.165, 1.54) is 0 Å². The fraction of sp³-hybridized carbons (Fsp3) is 0.222. The fourth-order valence-corrected chi connectivity index (χ4v) is 2.59. The van der Waals surface area contributed by atoms with Gasteiger partial charge in [-0.15, -0.1) is 0 Å². The van der Waals surface area contributed by atoms with E-state index >= 15 is 0 Å². The second kappa shape index (κ2) is 6.43. The van der Waals surface area contributed by atoms with Gasteiger partial charge in [-0.3, -0.25) is 9.59 Å². The molecule has 0 aromatic heterocycles. The van der Waals surface area contributed by atoms with E-state index in [1.54, 1.807) is 4.90 Å². The van der Waals surface area contributed by atoms with Crippen LogP contribution in [-0.2, 0) is 4.79 Å². The lowest BCUT2D eigenvalue weighted by Gasteiger charge is -2.19. The van der Waals surface area contributed by atoms with Crippen LogP contribution in [0.4, 0.5) is 0 Å². The van der Waals surface area contributed by atoms with Crippen LogP contribution in [0.15, 0.2) is 54.6 Å². The molecule has 0 unspecified atom stereocenters. The van der Waals surface area contributed by atoms with Crippen LogP contribution in [0.2, 0.25) is 0 Å². The summed E-state index contributed by atoms with van der Waals surface area (Å²) in [6, 6.07) is 17.7. The number of amides is 2. The van der Waals surface area contributed by atoms with Crippen molar-refractivity contribution < 1.29 is 9.59 Å². The molecule has 0 spiro atoms. The molecule has 1 fully saturated rings. The van der Waals surface area contributed by atoms with Crippen LogP contribution in [0, 0.1) is 0 Å². The Morgan fingerprint density at radius 1 is 0.909 bits per heavy atom. The molecule has 2 aromatic rings. The van der Waals surface area contributed by atoms with Gasteiger partial charge in [0.15, 0.2) is 0 Å². The first-order valence-electron chi connectivity index (χ1n) is 7.45. The molecule has 0 bridgehead atoms. The minimum absolute atomic E-state index is 0.00901. The molecule has 1 N–H and O–H groups in total. The van der Waals surface area contributed by atoms with Crippen LogP contribution < -0.4 is 5.32 Å². The molecule has 3 rings (SSSR count). The molecule has 0 saturated carbocycles. The third-order valence-corrected chi connectivity index (χ3v) is 3.84. The van der Waals surface area contributed by atoms with Gasteiger partial charge in [0.05, 0.1) is 0 Å². The lowest BCUT2D eigenvalue weighted by Crippen LogP contribution is -2.34. The van der Waals surface area contributed by atoms with Gasteiger partial charge in [-0.25, -0.2) is 0 Å². The van der Waals surface area contributed by atoms with E-state index in [-0.39, 0.29) is 11.8 Å². The van der Waals surface area contributed by atoms with E-state index in [0.717, 1.165) is 11.1 Å². The monoisotopic (exact) mass is 294 g/mol. The average Bonchev–Trinajstić information content (AvgIpc) is 2.80. The number of rotatable bonds is 2. The van der Waals surface area contributed by atoms with Crippen LogP contribution in [-0.4, -0.2) is 36.3 Å². The molecular weight excluding hydrogens is 276 g/mol. The maximum Gasteiger partial charge on any atom is 0.253 e. The van der Waals surface area contributed by atoms with E-state index in [9.17, 15) is 9.59 Å². The largest absolute Gasteiger partial charge is 0.354 e. The maximum absolute atomic E-state index is 12.5. The normalized spacial score (nSPS) is 15.1. The first-order chi connectivity index (χ1) is 10.7. The molecule has 0 atom stereocenters. The van der Waals surface area contributed by atoms with E-state index in [2.05, 4.69) is 5.32 Å². The van der Waals surface area contributed by atoms with Gasteiger partial charge in [-0.05, 0) is 23.3 Å². The van der Waals surface area contributed by atoms with Crippen molar-refractivity contribution in [2.24, 2.45) is 0 Å². The molecule has 1 saturated heterocycles. The summed E-state index contributed by atoms with van der Waals surface area (Å²) in [6.45, 7) is 1.56. The van der Waals surface area contributed by atoms with Crippen LogP contribution >= 0.6 is 0 Å². The Bertz CT molecular complexity index is 665. The van der Waals surface area contributed by atoms with Gasteiger partial charge in [0.2, 0.25) is 5.91 Å². The number of hydrogen-bond donors (Lipinski definition) is 1. The summed E-state index contributed by atoms with van der Waals surface area (Å²) in [7, 11) is 0. The van der Waals surface area contributed by atoms with Gasteiger partial charge >= 0.3 is 0 Å². The second-order valence-electron chi connectivity index (χ2n) is 5.34. The Labute approximate surface area is 129 Å². The zero-order chi connectivity index (χ0) is 15.4. The minimum atomic E-state index is -0.0175. The summed E-state index contributed by atoms with van der Waals surface area (Å²) in [5.41, 5.74) is 2.88. The molecule has 2 amide bonds. The Kier molecular flexibility index (Phi) is 4.19. The highest BCUT2D eigenvalue weighted by molar-refractivity contribution is 5.95. The third-order valence-electron chi connectivity index (χ3n) is 3.84. The smallest absolute Gasteiger partial charge is 0.253 e. The number of carbonyl (C=O) groups is 2. The van der Waals surface area contributed by atoms with Gasteiger partial charge in [-0.2, -0.15) is 0 Å². The number of hydrogen-bond acceptors (Lipinski definition) is 2. The van der Waals surface area contributed by atoms with Gasteiger partial charge in [0.25, 0.3) is 5.91 Å². The fourth-order valence-electron chi connectivity index (χ4n) is 2.59. The molecular formula is C18H18N2O2. The maximum atomic E-state index is 12.5. The SMILES string of the molecule is O=C1CCN(C(=O)c2ccc(-c3ccccc3)cc2)CCN1. The van der Waals surface area contributed by atoms with Crippen molar-refractivity contribution in [2.45, 2.75) is 6.42 Å². The summed E-state index contributed by atoms with van der Waals surface area (Å²) in [5.74, 6) is -0.00848. The molecule has 1 aliphatic heterocycles. The topological polar surface area (TPSA) is 49.4 Å². The van der Waals surface area contributed by atoms with Gasteiger partial charge in [-0.1, -0.05) is 42.5 Å². The second-order valence-corrected chi connectivity index (χ2v) is 5.34. The van der Waals surface area contributed by atoms with Crippen molar-refractivity contribution in [1.82, 2.24) is 10.2 Å². The molecule has 2 aromatic carbocycles. The van der Waals surface area contributed by atoms with Gasteiger partial charge in [0.1, 0.15) is 0 Å². The highest BCUT2D eigenvalue weighted by Gasteiger charge is 2.19. The molecule has 4 heteroatoms. The van der Waals surface area contributed by atoms with Gasteiger partial charge < -0.3 is 10.2 Å². The van der Waals surface area contributed by atoms with Crippen molar-refractivity contribution in [3.05, 3.63) is 60.2 Å². The number of carbonyl (C=O) groups excluding carboxylic acids is 2. The first kappa shape index (κ1) is 14.3. The number of nitrogens with zero attached hydrogens (tertiary/aromatic N) is 1. The van der Waals surface area contributed by atoms with Crippen molar-refractivity contribution in [2.75, 3.05) is 19.6 Å². The molecule has 112 valence electrons. The Morgan fingerprint density at radius 2 is 1.59 bits per heavy atom. The van der Waals surface area contributed by atoms with Crippen LogP contribution in [0.5, 0.6) is 0 Å². The first-order valence-corrected chi connectivity index (χ1v) is 7.45. The van der Waals surface area contributed by atoms with Crippen LogP contribution in [0.3, 0.4) is 0 Å². The van der Waals surface area contributed by atoms with Crippen molar-refractivity contribution in [3.63, 3.8) is 0 Å². The molecule has 22 heavy (non-hydrogen) atoms. The molecule has 1 heterocycles. The Hall–Kier alpha value is -2.62. The molecule has 0 aliphatic carbocycles. The van der Waals surface area contributed by atoms with Crippen LogP contribution in [0.25, 0.3) is 11.1 Å². The summed E-state index contributed by atoms with van der Waals surface area (Å²) >= 11 is 0. The zero-order valence-corrected chi connectivity index (χ0v) is 12.3. The zero-order valence-electron chi connectivity index (χ0n) is 12.3. The molecule has 0 radical (unpaired) electrons. The Balaban J connectivity index is 1.75. The minimum Gasteiger partial charge on any atom is -0.354 e. The van der Waals surface area contributed by atoms with Crippen molar-refractivity contribution >= 4 is 11.8 Å². The van der Waals surface area contributed by atoms with E-state index in [1.807, 2.05) is 54.6 Å². The average molecular weight is 294 g/mol.